The van der Waals surface area contributed by atoms with E-state index in [4.69, 9.17) is 23.2 Å². The number of alkyl halides is 3. The summed E-state index contributed by atoms with van der Waals surface area (Å²) in [6, 6.07) is 10.3. The zero-order valence-corrected chi connectivity index (χ0v) is 20.6. The Morgan fingerprint density at radius 1 is 1.14 bits per heavy atom. The number of amides is 1. The fourth-order valence-corrected chi connectivity index (χ4v) is 4.92. The predicted octanol–water partition coefficient (Wildman–Crippen LogP) is 5.75. The Kier molecular flexibility index (Phi) is 6.86. The highest BCUT2D eigenvalue weighted by Gasteiger charge is 2.35. The van der Waals surface area contributed by atoms with Crippen molar-refractivity contribution >= 4 is 61.5 Å². The minimum atomic E-state index is -4.88. The molecule has 14 heteroatoms. The quantitative estimate of drug-likeness (QED) is 0.313. The van der Waals surface area contributed by atoms with Crippen LogP contribution in [0.2, 0.25) is 10.0 Å². The number of halogens is 5. The molecule has 0 fully saturated rings. The molecule has 8 nitrogen and oxygen atoms in total. The van der Waals surface area contributed by atoms with E-state index in [1.54, 1.807) is 31.2 Å². The van der Waals surface area contributed by atoms with Crippen LogP contribution in [0.1, 0.15) is 23.0 Å². The van der Waals surface area contributed by atoms with Crippen LogP contribution in [0.4, 0.5) is 24.7 Å². The summed E-state index contributed by atoms with van der Waals surface area (Å²) < 4.78 is 67.9. The van der Waals surface area contributed by atoms with Crippen LogP contribution in [0, 0.1) is 0 Å². The highest BCUT2D eigenvalue weighted by molar-refractivity contribution is 7.92. The van der Waals surface area contributed by atoms with Crippen LogP contribution in [-0.4, -0.2) is 36.1 Å². The van der Waals surface area contributed by atoms with Crippen molar-refractivity contribution in [3.05, 3.63) is 76.0 Å². The van der Waals surface area contributed by atoms with Crippen molar-refractivity contribution in [3.8, 4) is 0 Å². The average molecular weight is 558 g/mol. The lowest BCUT2D eigenvalue weighted by molar-refractivity contribution is -0.137. The van der Waals surface area contributed by atoms with Crippen molar-refractivity contribution in [3.63, 3.8) is 0 Å². The summed E-state index contributed by atoms with van der Waals surface area (Å²) in [5.41, 5.74) is -1.31. The third kappa shape index (κ3) is 4.97. The van der Waals surface area contributed by atoms with E-state index < -0.39 is 37.6 Å². The second-order valence-corrected chi connectivity index (χ2v) is 9.96. The van der Waals surface area contributed by atoms with Crippen LogP contribution in [0.25, 0.3) is 10.9 Å². The Labute approximate surface area is 213 Å². The normalized spacial score (nSPS) is 12.1. The standard InChI is InChI=1S/C22H16Cl2F3N5O3S/c1-2-32(20-14-5-3-4-6-17(14)29-30-20)21(33)19-18(9-12(23)11-28-19)31-36(34,35)13-7-8-16(24)15(10-13)22(25,26)27/h3-11,31H,2H2,1H3,(H,29,30). The highest BCUT2D eigenvalue weighted by atomic mass is 35.5. The first-order chi connectivity index (χ1) is 16.9. The van der Waals surface area contributed by atoms with Crippen molar-refractivity contribution in [1.82, 2.24) is 15.2 Å². The van der Waals surface area contributed by atoms with Crippen molar-refractivity contribution in [2.24, 2.45) is 0 Å². The maximum absolute atomic E-state index is 13.5. The molecule has 2 N–H and O–H groups in total. The molecule has 4 aromatic rings. The first kappa shape index (κ1) is 25.7. The SMILES string of the molecule is CCN(C(=O)c1ncc(Cl)cc1NS(=O)(=O)c1ccc(Cl)c(C(F)(F)F)c1)c1n[nH]c2ccccc12. The van der Waals surface area contributed by atoms with E-state index in [1.807, 2.05) is 0 Å². The van der Waals surface area contributed by atoms with Crippen molar-refractivity contribution in [1.29, 1.82) is 0 Å². The molecule has 1 amide bonds. The van der Waals surface area contributed by atoms with E-state index >= 15 is 0 Å². The fourth-order valence-electron chi connectivity index (χ4n) is 3.45. The number of aromatic amines is 1. The zero-order chi connectivity index (χ0) is 26.3. The van der Waals surface area contributed by atoms with Gasteiger partial charge in [0.2, 0.25) is 0 Å². The lowest BCUT2D eigenvalue weighted by Crippen LogP contribution is -2.33. The molecule has 0 radical (unpaired) electrons. The minimum absolute atomic E-state index is 0.00963. The van der Waals surface area contributed by atoms with Crippen LogP contribution >= 0.6 is 23.2 Å². The molecule has 188 valence electrons. The minimum Gasteiger partial charge on any atom is -0.290 e. The molecule has 0 saturated carbocycles. The molecule has 0 saturated heterocycles. The van der Waals surface area contributed by atoms with Gasteiger partial charge in [0.25, 0.3) is 15.9 Å². The topological polar surface area (TPSA) is 108 Å². The van der Waals surface area contributed by atoms with Gasteiger partial charge in [-0.2, -0.15) is 18.3 Å². The van der Waals surface area contributed by atoms with Gasteiger partial charge in [0, 0.05) is 18.1 Å². The van der Waals surface area contributed by atoms with Crippen molar-refractivity contribution < 1.29 is 26.4 Å². The molecule has 0 bridgehead atoms. The van der Waals surface area contributed by atoms with E-state index in [0.717, 1.165) is 24.4 Å². The summed E-state index contributed by atoms with van der Waals surface area (Å²) in [7, 11) is -4.61. The van der Waals surface area contributed by atoms with E-state index in [1.165, 1.54) is 4.90 Å². The number of hydrogen-bond acceptors (Lipinski definition) is 5. The van der Waals surface area contributed by atoms with Gasteiger partial charge in [-0.1, -0.05) is 35.3 Å². The second-order valence-electron chi connectivity index (χ2n) is 7.44. The number of nitrogens with one attached hydrogen (secondary N) is 2. The first-order valence-electron chi connectivity index (χ1n) is 10.2. The number of aromatic nitrogens is 3. The molecular weight excluding hydrogens is 542 g/mol. The number of pyridine rings is 1. The molecule has 0 aliphatic heterocycles. The maximum Gasteiger partial charge on any atom is 0.417 e. The lowest BCUT2D eigenvalue weighted by Gasteiger charge is -2.20. The molecule has 4 rings (SSSR count). The molecule has 2 aromatic carbocycles. The summed E-state index contributed by atoms with van der Waals surface area (Å²) in [6.07, 6.45) is -3.73. The van der Waals surface area contributed by atoms with Gasteiger partial charge in [-0.3, -0.25) is 19.5 Å². The predicted molar refractivity (Wildman–Crippen MR) is 130 cm³/mol. The number of anilines is 2. The smallest absolute Gasteiger partial charge is 0.290 e. The van der Waals surface area contributed by atoms with E-state index in [0.29, 0.717) is 17.0 Å². The number of fused-ring (bicyclic) bond motifs is 1. The van der Waals surface area contributed by atoms with Gasteiger partial charge in [-0.15, -0.1) is 0 Å². The number of hydrogen-bond donors (Lipinski definition) is 2. The monoisotopic (exact) mass is 557 g/mol. The van der Waals surface area contributed by atoms with Gasteiger partial charge >= 0.3 is 6.18 Å². The molecule has 2 aromatic heterocycles. The molecular formula is C22H16Cl2F3N5O3S. The molecule has 0 aliphatic carbocycles. The first-order valence-corrected chi connectivity index (χ1v) is 12.5. The van der Waals surface area contributed by atoms with Gasteiger partial charge in [0.15, 0.2) is 11.5 Å². The van der Waals surface area contributed by atoms with Gasteiger partial charge < -0.3 is 0 Å². The Morgan fingerprint density at radius 2 is 1.86 bits per heavy atom. The Morgan fingerprint density at radius 3 is 2.56 bits per heavy atom. The van der Waals surface area contributed by atoms with E-state index in [-0.39, 0.29) is 28.8 Å². The third-order valence-electron chi connectivity index (χ3n) is 5.12. The number of sulfonamides is 1. The molecule has 0 spiro atoms. The van der Waals surface area contributed by atoms with Gasteiger partial charge in [-0.25, -0.2) is 13.4 Å². The molecule has 0 atom stereocenters. The van der Waals surface area contributed by atoms with Crippen LogP contribution < -0.4 is 9.62 Å². The fraction of sp³-hybridized carbons (Fsp3) is 0.136. The number of benzene rings is 2. The number of carbonyl (C=O) groups excluding carboxylic acids is 1. The van der Waals surface area contributed by atoms with Crippen LogP contribution in [0.15, 0.2) is 59.6 Å². The molecule has 2 heterocycles. The maximum atomic E-state index is 13.5. The summed E-state index contributed by atoms with van der Waals surface area (Å²) >= 11 is 11.6. The van der Waals surface area contributed by atoms with Crippen LogP contribution in [-0.2, 0) is 16.2 Å². The average Bonchev–Trinajstić information content (AvgIpc) is 3.23. The van der Waals surface area contributed by atoms with Crippen molar-refractivity contribution in [2.45, 2.75) is 18.0 Å². The lowest BCUT2D eigenvalue weighted by atomic mass is 10.2. The van der Waals surface area contributed by atoms with E-state index in [9.17, 15) is 26.4 Å². The van der Waals surface area contributed by atoms with Crippen LogP contribution in [0.3, 0.4) is 0 Å². The van der Waals surface area contributed by atoms with E-state index in [2.05, 4.69) is 19.9 Å². The number of nitrogens with zero attached hydrogens (tertiary/aromatic N) is 3. The Hall–Kier alpha value is -3.35. The zero-order valence-electron chi connectivity index (χ0n) is 18.3. The van der Waals surface area contributed by atoms with Crippen molar-refractivity contribution in [2.75, 3.05) is 16.2 Å². The molecule has 36 heavy (non-hydrogen) atoms. The number of para-hydroxylation sites is 1. The largest absolute Gasteiger partial charge is 0.417 e. The Balaban J connectivity index is 1.74. The summed E-state index contributed by atoms with van der Waals surface area (Å²) in [5.74, 6) is -0.424. The van der Waals surface area contributed by atoms with Crippen LogP contribution in [0.5, 0.6) is 0 Å². The number of carbonyl (C=O) groups is 1. The Bertz CT molecular complexity index is 1570. The highest BCUT2D eigenvalue weighted by Crippen LogP contribution is 2.36. The summed E-state index contributed by atoms with van der Waals surface area (Å²) in [5, 5.41) is 6.98. The summed E-state index contributed by atoms with van der Waals surface area (Å²) in [6.45, 7) is 1.84. The summed E-state index contributed by atoms with van der Waals surface area (Å²) in [4.78, 5) is 18.0. The second kappa shape index (κ2) is 9.60. The number of H-pyrrole nitrogens is 1. The third-order valence-corrected chi connectivity index (χ3v) is 7.02. The molecule has 0 unspecified atom stereocenters. The van der Waals surface area contributed by atoms with Gasteiger partial charge in [0.05, 0.1) is 31.7 Å². The van der Waals surface area contributed by atoms with Gasteiger partial charge in [0.1, 0.15) is 0 Å². The molecule has 0 aliphatic rings. The van der Waals surface area contributed by atoms with Gasteiger partial charge in [-0.05, 0) is 43.3 Å². The number of rotatable bonds is 6.